The van der Waals surface area contributed by atoms with Gasteiger partial charge >= 0.3 is 0 Å². The minimum Gasteiger partial charge on any atom is -0.497 e. The number of methoxy groups -OCH3 is 1. The summed E-state index contributed by atoms with van der Waals surface area (Å²) in [6.07, 6.45) is 0.926. The average molecular weight is 325 g/mol. The summed E-state index contributed by atoms with van der Waals surface area (Å²) < 4.78 is 36.2. The molecule has 0 aliphatic heterocycles. The fourth-order valence-corrected chi connectivity index (χ4v) is 2.98. The van der Waals surface area contributed by atoms with Gasteiger partial charge in [0.1, 0.15) is 5.75 Å². The Morgan fingerprint density at radius 2 is 2.14 bits per heavy atom. The molecule has 1 aromatic carbocycles. The molecule has 0 atom stereocenters. The Balaban J connectivity index is 1.97. The number of rotatable bonds is 8. The molecule has 0 aliphatic carbocycles. The molecule has 8 heteroatoms. The van der Waals surface area contributed by atoms with Crippen molar-refractivity contribution in [3.05, 3.63) is 30.2 Å². The molecule has 2 rings (SSSR count). The predicted octanol–water partition coefficient (Wildman–Crippen LogP) is 1.62. The molecule has 0 amide bonds. The van der Waals surface area contributed by atoms with E-state index in [0.29, 0.717) is 30.4 Å². The summed E-state index contributed by atoms with van der Waals surface area (Å²) >= 11 is 0. The smallest absolute Gasteiger partial charge is 0.247 e. The second kappa shape index (κ2) is 7.37. The van der Waals surface area contributed by atoms with Crippen molar-refractivity contribution in [1.82, 2.24) is 14.9 Å². The Bertz CT molecular complexity index is 712. The van der Waals surface area contributed by atoms with E-state index in [9.17, 15) is 8.42 Å². The van der Waals surface area contributed by atoms with Crippen molar-refractivity contribution in [3.63, 3.8) is 0 Å². The van der Waals surface area contributed by atoms with Crippen LogP contribution in [0.2, 0.25) is 0 Å². The molecule has 0 radical (unpaired) electrons. The number of benzene rings is 1. The first kappa shape index (κ1) is 16.4. The van der Waals surface area contributed by atoms with Crippen molar-refractivity contribution in [2.24, 2.45) is 0 Å². The van der Waals surface area contributed by atoms with Gasteiger partial charge in [0.15, 0.2) is 0 Å². The average Bonchev–Trinajstić information content (AvgIpc) is 2.96. The highest BCUT2D eigenvalue weighted by Gasteiger charge is 2.11. The monoisotopic (exact) mass is 325 g/mol. The van der Waals surface area contributed by atoms with Crippen LogP contribution in [0.15, 0.2) is 28.7 Å². The maximum atomic E-state index is 11.5. The molecular formula is C14H19N3O4S. The predicted molar refractivity (Wildman–Crippen MR) is 82.1 cm³/mol. The third-order valence-corrected chi connectivity index (χ3v) is 4.51. The van der Waals surface area contributed by atoms with Crippen LogP contribution in [0.3, 0.4) is 0 Å². The summed E-state index contributed by atoms with van der Waals surface area (Å²) in [5.41, 5.74) is 0.754. The zero-order valence-electron chi connectivity index (χ0n) is 12.6. The highest BCUT2D eigenvalue weighted by molar-refractivity contribution is 7.89. The van der Waals surface area contributed by atoms with Crippen LogP contribution in [-0.2, 0) is 16.4 Å². The minimum atomic E-state index is -3.21. The molecule has 22 heavy (non-hydrogen) atoms. The molecule has 2 aromatic rings. The number of nitrogens with zero attached hydrogens (tertiary/aromatic N) is 2. The van der Waals surface area contributed by atoms with E-state index < -0.39 is 10.0 Å². The van der Waals surface area contributed by atoms with E-state index in [-0.39, 0.29) is 12.3 Å². The van der Waals surface area contributed by atoms with Gasteiger partial charge in [-0.05, 0) is 24.6 Å². The lowest BCUT2D eigenvalue weighted by Gasteiger charge is -2.03. The molecule has 0 fully saturated rings. The second-order valence-corrected chi connectivity index (χ2v) is 6.62. The van der Waals surface area contributed by atoms with Gasteiger partial charge in [-0.15, -0.1) is 10.2 Å². The summed E-state index contributed by atoms with van der Waals surface area (Å²) in [4.78, 5) is 0. The Labute approximate surface area is 129 Å². The van der Waals surface area contributed by atoms with E-state index in [1.807, 2.05) is 25.1 Å². The Morgan fingerprint density at radius 1 is 1.32 bits per heavy atom. The van der Waals surface area contributed by atoms with Gasteiger partial charge in [0.25, 0.3) is 0 Å². The molecule has 0 unspecified atom stereocenters. The number of aromatic nitrogens is 2. The standard InChI is InChI=1S/C14H19N3O4S/c1-3-9-22(18,19)15-8-7-13-16-17-14(21-13)11-5-4-6-12(10-11)20-2/h4-6,10,15H,3,7-9H2,1-2H3. The molecule has 1 heterocycles. The molecule has 1 N–H and O–H groups in total. The van der Waals surface area contributed by atoms with Crippen LogP contribution in [0.5, 0.6) is 5.75 Å². The number of ether oxygens (including phenoxy) is 1. The van der Waals surface area contributed by atoms with E-state index in [1.165, 1.54) is 0 Å². The molecule has 0 aliphatic rings. The largest absolute Gasteiger partial charge is 0.497 e. The van der Waals surface area contributed by atoms with E-state index in [1.54, 1.807) is 13.2 Å². The van der Waals surface area contributed by atoms with E-state index in [4.69, 9.17) is 9.15 Å². The summed E-state index contributed by atoms with van der Waals surface area (Å²) in [6, 6.07) is 7.28. The van der Waals surface area contributed by atoms with Crippen LogP contribution in [0.4, 0.5) is 0 Å². The summed E-state index contributed by atoms with van der Waals surface area (Å²) in [7, 11) is -1.63. The molecule has 7 nitrogen and oxygen atoms in total. The van der Waals surface area contributed by atoms with Crippen molar-refractivity contribution in [1.29, 1.82) is 0 Å². The second-order valence-electron chi connectivity index (χ2n) is 4.70. The zero-order valence-corrected chi connectivity index (χ0v) is 13.4. The lowest BCUT2D eigenvalue weighted by atomic mass is 10.2. The highest BCUT2D eigenvalue weighted by Crippen LogP contribution is 2.22. The lowest BCUT2D eigenvalue weighted by Crippen LogP contribution is -2.28. The number of hydrogen-bond donors (Lipinski definition) is 1. The Morgan fingerprint density at radius 3 is 2.86 bits per heavy atom. The maximum absolute atomic E-state index is 11.5. The molecule has 0 saturated heterocycles. The SMILES string of the molecule is CCCS(=O)(=O)NCCc1nnc(-c2cccc(OC)c2)o1. The fraction of sp³-hybridized carbons (Fsp3) is 0.429. The number of hydrogen-bond acceptors (Lipinski definition) is 6. The Hall–Kier alpha value is -1.93. The molecule has 0 spiro atoms. The first-order chi connectivity index (χ1) is 10.5. The quantitative estimate of drug-likeness (QED) is 0.792. The van der Waals surface area contributed by atoms with Crippen LogP contribution in [0, 0.1) is 0 Å². The van der Waals surface area contributed by atoms with Crippen molar-refractivity contribution in [3.8, 4) is 17.2 Å². The minimum absolute atomic E-state index is 0.117. The van der Waals surface area contributed by atoms with Crippen molar-refractivity contribution >= 4 is 10.0 Å². The van der Waals surface area contributed by atoms with Crippen LogP contribution in [0.25, 0.3) is 11.5 Å². The van der Waals surface area contributed by atoms with Crippen molar-refractivity contribution in [2.75, 3.05) is 19.4 Å². The van der Waals surface area contributed by atoms with Gasteiger partial charge < -0.3 is 9.15 Å². The number of sulfonamides is 1. The van der Waals surface area contributed by atoms with Crippen molar-refractivity contribution < 1.29 is 17.6 Å². The van der Waals surface area contributed by atoms with Gasteiger partial charge in [0.05, 0.1) is 12.9 Å². The Kier molecular flexibility index (Phi) is 5.51. The maximum Gasteiger partial charge on any atom is 0.247 e. The van der Waals surface area contributed by atoms with E-state index in [2.05, 4.69) is 14.9 Å². The highest BCUT2D eigenvalue weighted by atomic mass is 32.2. The normalized spacial score (nSPS) is 11.5. The fourth-order valence-electron chi connectivity index (χ4n) is 1.88. The first-order valence-corrected chi connectivity index (χ1v) is 8.63. The van der Waals surface area contributed by atoms with Gasteiger partial charge in [-0.25, -0.2) is 13.1 Å². The van der Waals surface area contributed by atoms with Gasteiger partial charge in [-0.1, -0.05) is 13.0 Å². The van der Waals surface area contributed by atoms with E-state index >= 15 is 0 Å². The van der Waals surface area contributed by atoms with Crippen LogP contribution in [-0.4, -0.2) is 38.0 Å². The van der Waals surface area contributed by atoms with Crippen LogP contribution < -0.4 is 9.46 Å². The molecular weight excluding hydrogens is 306 g/mol. The van der Waals surface area contributed by atoms with Gasteiger partial charge in [-0.3, -0.25) is 0 Å². The van der Waals surface area contributed by atoms with Gasteiger partial charge in [0.2, 0.25) is 21.8 Å². The van der Waals surface area contributed by atoms with Crippen LogP contribution >= 0.6 is 0 Å². The number of nitrogens with one attached hydrogen (secondary N) is 1. The third kappa shape index (κ3) is 4.54. The lowest BCUT2D eigenvalue weighted by molar-refractivity contribution is 0.414. The van der Waals surface area contributed by atoms with Crippen molar-refractivity contribution in [2.45, 2.75) is 19.8 Å². The summed E-state index contributed by atoms with van der Waals surface area (Å²) in [5, 5.41) is 7.89. The van der Waals surface area contributed by atoms with Gasteiger partial charge in [-0.2, -0.15) is 0 Å². The first-order valence-electron chi connectivity index (χ1n) is 6.98. The molecule has 0 bridgehead atoms. The van der Waals surface area contributed by atoms with Crippen LogP contribution in [0.1, 0.15) is 19.2 Å². The third-order valence-electron chi connectivity index (χ3n) is 2.92. The summed E-state index contributed by atoms with van der Waals surface area (Å²) in [6.45, 7) is 2.06. The molecule has 1 aromatic heterocycles. The zero-order chi connectivity index (χ0) is 16.0. The van der Waals surface area contributed by atoms with Gasteiger partial charge in [0, 0.05) is 18.5 Å². The summed E-state index contributed by atoms with van der Waals surface area (Å²) in [5.74, 6) is 1.58. The van der Waals surface area contributed by atoms with E-state index in [0.717, 1.165) is 5.56 Å². The topological polar surface area (TPSA) is 94.3 Å². The molecule has 120 valence electrons. The molecule has 0 saturated carbocycles.